The molecule has 0 atom stereocenters. The molecule has 3 aromatic rings. The zero-order valence-electron chi connectivity index (χ0n) is 20.8. The Balaban J connectivity index is 0.00000456. The van der Waals surface area contributed by atoms with Gasteiger partial charge in [-0.1, -0.05) is 79.6 Å². The smallest absolute Gasteiger partial charge is 0.311 e. The normalized spacial score (nSPS) is 10.6. The third-order valence-corrected chi connectivity index (χ3v) is 5.82. The molecule has 0 aromatic heterocycles. The first-order valence-corrected chi connectivity index (χ1v) is 12.5. The summed E-state index contributed by atoms with van der Waals surface area (Å²) in [6.07, 6.45) is 6.28. The molecule has 0 amide bonds. The summed E-state index contributed by atoms with van der Waals surface area (Å²) in [5, 5.41) is 15.0. The molecule has 3 aromatic carbocycles. The minimum Gasteiger partial charge on any atom is -0.482 e. The predicted molar refractivity (Wildman–Crippen MR) is 147 cm³/mol. The fraction of sp³-hybridized carbons (Fsp3) is 0.379. The van der Waals surface area contributed by atoms with Gasteiger partial charge < -0.3 is 14.8 Å². The lowest BCUT2D eigenvalue weighted by atomic mass is 10.1. The average Bonchev–Trinajstić information content (AvgIpc) is 2.89. The number of nitrogens with one attached hydrogen (secondary N) is 1. The molecule has 1 N–H and O–H groups in total. The van der Waals surface area contributed by atoms with E-state index in [1.807, 2.05) is 42.5 Å². The van der Waals surface area contributed by atoms with Gasteiger partial charge in [-0.2, -0.15) is 0 Å². The van der Waals surface area contributed by atoms with E-state index < -0.39 is 0 Å². The van der Waals surface area contributed by atoms with Crippen molar-refractivity contribution in [3.8, 4) is 5.75 Å². The van der Waals surface area contributed by atoms with E-state index in [0.29, 0.717) is 12.4 Å². The second-order valence-corrected chi connectivity index (χ2v) is 8.60. The van der Waals surface area contributed by atoms with E-state index in [1.165, 1.54) is 18.4 Å². The van der Waals surface area contributed by atoms with Crippen LogP contribution in [-0.2, 0) is 24.2 Å². The fourth-order valence-corrected chi connectivity index (χ4v) is 3.82. The number of rotatable bonds is 17. The minimum atomic E-state index is -0.372. The van der Waals surface area contributed by atoms with Gasteiger partial charge in [0.1, 0.15) is 6.61 Å². The zero-order valence-corrected chi connectivity index (χ0v) is 21.6. The monoisotopic (exact) mass is 512 g/mol. The average molecular weight is 513 g/mol. The summed E-state index contributed by atoms with van der Waals surface area (Å²) >= 11 is 0. The quantitative estimate of drug-likeness (QED) is 0.126. The molecule has 0 aliphatic rings. The van der Waals surface area contributed by atoms with Gasteiger partial charge in [0.25, 0.3) is 0 Å². The molecule has 0 heterocycles. The Morgan fingerprint density at radius 2 is 1.42 bits per heavy atom. The van der Waals surface area contributed by atoms with Gasteiger partial charge in [0, 0.05) is 12.7 Å². The molecule has 3 rings (SSSR count). The molecule has 7 heteroatoms. The lowest BCUT2D eigenvalue weighted by Gasteiger charge is -2.09. The van der Waals surface area contributed by atoms with Crippen LogP contribution in [0.3, 0.4) is 0 Å². The maximum absolute atomic E-state index is 11.5. The van der Waals surface area contributed by atoms with Gasteiger partial charge >= 0.3 is 5.69 Å². The molecule has 0 fully saturated rings. The Kier molecular flexibility index (Phi) is 14.2. The Labute approximate surface area is 220 Å². The van der Waals surface area contributed by atoms with Crippen molar-refractivity contribution < 1.29 is 14.4 Å². The summed E-state index contributed by atoms with van der Waals surface area (Å²) < 4.78 is 11.4. The first kappa shape index (κ1) is 29.3. The summed E-state index contributed by atoms with van der Waals surface area (Å²) in [5.74, 6) is 0.305. The van der Waals surface area contributed by atoms with Crippen LogP contribution in [-0.4, -0.2) is 31.2 Å². The standard InChI is InChI=1S/C29H36N2O4.ClH/c32-31(33)28-23-26(15-16-29(28)35-24-27-13-7-4-8-14-27)17-20-30-19-9-1-2-10-21-34-22-18-25-11-5-3-6-12-25;/h3-8,11-16,23,30H,1-2,9-10,17-22,24H2;1H. The SMILES string of the molecule is Cl.O=[N+]([O-])c1cc(CCNCCCCCCOCCc2ccccc2)ccc1OCc1ccccc1. The highest BCUT2D eigenvalue weighted by Gasteiger charge is 2.16. The van der Waals surface area contributed by atoms with Crippen molar-refractivity contribution in [3.05, 3.63) is 106 Å². The van der Waals surface area contributed by atoms with Crippen molar-refractivity contribution in [1.29, 1.82) is 0 Å². The van der Waals surface area contributed by atoms with E-state index in [1.54, 1.807) is 12.1 Å². The summed E-state index contributed by atoms with van der Waals surface area (Å²) in [4.78, 5) is 11.1. The molecule has 0 radical (unpaired) electrons. The van der Waals surface area contributed by atoms with E-state index in [4.69, 9.17) is 9.47 Å². The second-order valence-electron chi connectivity index (χ2n) is 8.60. The molecular weight excluding hydrogens is 476 g/mol. The molecule has 0 bridgehead atoms. The number of nitro benzene ring substituents is 1. The van der Waals surface area contributed by atoms with Gasteiger partial charge in [-0.15, -0.1) is 12.4 Å². The zero-order chi connectivity index (χ0) is 24.6. The van der Waals surface area contributed by atoms with E-state index >= 15 is 0 Å². The van der Waals surface area contributed by atoms with E-state index in [2.05, 4.69) is 29.6 Å². The number of ether oxygens (including phenoxy) is 2. The van der Waals surface area contributed by atoms with Crippen LogP contribution < -0.4 is 10.1 Å². The first-order valence-electron chi connectivity index (χ1n) is 12.5. The molecule has 0 spiro atoms. The summed E-state index contributed by atoms with van der Waals surface area (Å²) in [6, 6.07) is 25.3. The largest absolute Gasteiger partial charge is 0.482 e. The van der Waals surface area contributed by atoms with Gasteiger partial charge in [-0.3, -0.25) is 10.1 Å². The summed E-state index contributed by atoms with van der Waals surface area (Å²) in [7, 11) is 0. The van der Waals surface area contributed by atoms with Crippen LogP contribution in [0.25, 0.3) is 0 Å². The topological polar surface area (TPSA) is 73.6 Å². The number of unbranched alkanes of at least 4 members (excludes halogenated alkanes) is 3. The van der Waals surface area contributed by atoms with Gasteiger partial charge in [0.05, 0.1) is 11.5 Å². The van der Waals surface area contributed by atoms with E-state index in [9.17, 15) is 10.1 Å². The lowest BCUT2D eigenvalue weighted by Crippen LogP contribution is -2.18. The molecule has 6 nitrogen and oxygen atoms in total. The van der Waals surface area contributed by atoms with Crippen molar-refractivity contribution in [1.82, 2.24) is 5.32 Å². The lowest BCUT2D eigenvalue weighted by molar-refractivity contribution is -0.386. The van der Waals surface area contributed by atoms with Crippen molar-refractivity contribution in [2.24, 2.45) is 0 Å². The van der Waals surface area contributed by atoms with Crippen LogP contribution in [0.15, 0.2) is 78.9 Å². The van der Waals surface area contributed by atoms with Crippen molar-refractivity contribution >= 4 is 18.1 Å². The van der Waals surface area contributed by atoms with Crippen LogP contribution in [0.2, 0.25) is 0 Å². The number of nitrogens with zero attached hydrogens (tertiary/aromatic N) is 1. The van der Waals surface area contributed by atoms with Gasteiger partial charge in [-0.05, 0) is 61.5 Å². The Hall–Kier alpha value is -2.93. The number of benzene rings is 3. The van der Waals surface area contributed by atoms with Gasteiger partial charge in [0.2, 0.25) is 0 Å². The molecule has 0 aliphatic carbocycles. The number of hydrogen-bond acceptors (Lipinski definition) is 5. The van der Waals surface area contributed by atoms with Crippen molar-refractivity contribution in [2.45, 2.75) is 45.1 Å². The molecule has 0 saturated carbocycles. The van der Waals surface area contributed by atoms with Crippen LogP contribution in [0.5, 0.6) is 5.75 Å². The van der Waals surface area contributed by atoms with Crippen molar-refractivity contribution in [2.75, 3.05) is 26.3 Å². The minimum absolute atomic E-state index is 0. The van der Waals surface area contributed by atoms with Crippen LogP contribution in [0.4, 0.5) is 5.69 Å². The summed E-state index contributed by atoms with van der Waals surface area (Å²) in [5.41, 5.74) is 3.25. The highest BCUT2D eigenvalue weighted by Crippen LogP contribution is 2.29. The van der Waals surface area contributed by atoms with Crippen LogP contribution in [0.1, 0.15) is 42.4 Å². The number of nitro groups is 1. The van der Waals surface area contributed by atoms with Gasteiger partial charge in [-0.25, -0.2) is 0 Å². The fourth-order valence-electron chi connectivity index (χ4n) is 3.82. The van der Waals surface area contributed by atoms with Crippen LogP contribution >= 0.6 is 12.4 Å². The third-order valence-electron chi connectivity index (χ3n) is 5.82. The highest BCUT2D eigenvalue weighted by atomic mass is 35.5. The molecule has 0 saturated heterocycles. The second kappa shape index (κ2) is 17.5. The van der Waals surface area contributed by atoms with Crippen molar-refractivity contribution in [3.63, 3.8) is 0 Å². The maximum atomic E-state index is 11.5. The Bertz CT molecular complexity index is 1000. The number of hydrogen-bond donors (Lipinski definition) is 1. The van der Waals surface area contributed by atoms with Crippen LogP contribution in [0, 0.1) is 10.1 Å². The third kappa shape index (κ3) is 11.2. The van der Waals surface area contributed by atoms with E-state index in [0.717, 1.165) is 63.1 Å². The maximum Gasteiger partial charge on any atom is 0.311 e. The van der Waals surface area contributed by atoms with E-state index in [-0.39, 0.29) is 23.0 Å². The Morgan fingerprint density at radius 1 is 0.722 bits per heavy atom. The molecule has 194 valence electrons. The van der Waals surface area contributed by atoms with Gasteiger partial charge in [0.15, 0.2) is 5.75 Å². The summed E-state index contributed by atoms with van der Waals surface area (Å²) in [6.45, 7) is 3.66. The molecule has 0 aliphatic heterocycles. The molecular formula is C29H37ClN2O4. The Morgan fingerprint density at radius 3 is 2.14 bits per heavy atom. The molecule has 0 unspecified atom stereocenters. The number of halogens is 1. The molecule has 36 heavy (non-hydrogen) atoms. The predicted octanol–water partition coefficient (Wildman–Crippen LogP) is 6.55. The first-order chi connectivity index (χ1) is 17.2. The highest BCUT2D eigenvalue weighted by molar-refractivity contribution is 5.85.